The van der Waals surface area contributed by atoms with Gasteiger partial charge < -0.3 is 28.8 Å². The molecule has 0 heterocycles. The minimum absolute atomic E-state index is 0.0156. The molecular formula is C70H141N2O6P. The average Bonchev–Trinajstić information content (AvgIpc) is 3.42. The van der Waals surface area contributed by atoms with E-state index in [0.717, 1.165) is 38.5 Å². The van der Waals surface area contributed by atoms with Crippen LogP contribution in [0.3, 0.4) is 0 Å². The number of quaternary nitrogens is 1. The second-order valence-electron chi connectivity index (χ2n) is 26.0. The summed E-state index contributed by atoms with van der Waals surface area (Å²) in [4.78, 5) is 25.7. The van der Waals surface area contributed by atoms with Gasteiger partial charge in [0.25, 0.3) is 7.82 Å². The first-order valence-corrected chi connectivity index (χ1v) is 37.0. The predicted octanol–water partition coefficient (Wildman–Crippen LogP) is 21.9. The van der Waals surface area contributed by atoms with Gasteiger partial charge in [-0.2, -0.15) is 0 Å². The summed E-state index contributed by atoms with van der Waals surface area (Å²) >= 11 is 0. The SMILES string of the molecule is CCCCCCCCCC/C=C\CCCCCCCCCCCCCCCCCC(=O)NC(COP(=O)([O-])OCC[N+](C)(C)C)C(O)CCCCCCCCCCCCCCCCCCCCCCCCCCCCCCCC. The highest BCUT2D eigenvalue weighted by molar-refractivity contribution is 7.45. The number of aliphatic hydroxyl groups excluding tert-OH is 1. The van der Waals surface area contributed by atoms with Crippen molar-refractivity contribution in [2.45, 2.75) is 392 Å². The Morgan fingerprint density at radius 3 is 0.987 bits per heavy atom. The molecule has 0 aliphatic heterocycles. The van der Waals surface area contributed by atoms with E-state index < -0.39 is 20.0 Å². The first kappa shape index (κ1) is 78.2. The largest absolute Gasteiger partial charge is 0.756 e. The lowest BCUT2D eigenvalue weighted by atomic mass is 10.0. The van der Waals surface area contributed by atoms with Crippen LogP contribution in [0.25, 0.3) is 0 Å². The van der Waals surface area contributed by atoms with Gasteiger partial charge in [-0.3, -0.25) is 9.36 Å². The van der Waals surface area contributed by atoms with Crippen LogP contribution in [0.1, 0.15) is 380 Å². The van der Waals surface area contributed by atoms with Gasteiger partial charge in [-0.1, -0.05) is 347 Å². The molecule has 0 radical (unpaired) electrons. The minimum Gasteiger partial charge on any atom is -0.756 e. The summed E-state index contributed by atoms with van der Waals surface area (Å²) in [5.41, 5.74) is 0. The van der Waals surface area contributed by atoms with Crippen molar-refractivity contribution < 1.29 is 32.9 Å². The van der Waals surface area contributed by atoms with Crippen molar-refractivity contribution in [1.29, 1.82) is 0 Å². The molecule has 472 valence electrons. The van der Waals surface area contributed by atoms with E-state index in [1.54, 1.807) is 0 Å². The third-order valence-corrected chi connectivity index (χ3v) is 17.7. The Balaban J connectivity index is 3.99. The Morgan fingerprint density at radius 1 is 0.430 bits per heavy atom. The Labute approximate surface area is 494 Å². The third kappa shape index (κ3) is 64.7. The lowest BCUT2D eigenvalue weighted by molar-refractivity contribution is -0.870. The average molecular weight is 1140 g/mol. The highest BCUT2D eigenvalue weighted by atomic mass is 31.2. The van der Waals surface area contributed by atoms with Crippen molar-refractivity contribution >= 4 is 13.7 Å². The van der Waals surface area contributed by atoms with Gasteiger partial charge in [0.05, 0.1) is 39.9 Å². The van der Waals surface area contributed by atoms with E-state index in [2.05, 4.69) is 31.3 Å². The molecule has 0 saturated carbocycles. The van der Waals surface area contributed by atoms with E-state index in [9.17, 15) is 19.4 Å². The van der Waals surface area contributed by atoms with Crippen LogP contribution in [0.4, 0.5) is 0 Å². The van der Waals surface area contributed by atoms with Gasteiger partial charge in [-0.25, -0.2) is 0 Å². The van der Waals surface area contributed by atoms with Crippen LogP contribution in [0, 0.1) is 0 Å². The van der Waals surface area contributed by atoms with Crippen molar-refractivity contribution in [1.82, 2.24) is 5.32 Å². The molecule has 9 heteroatoms. The van der Waals surface area contributed by atoms with Gasteiger partial charge >= 0.3 is 0 Å². The Hall–Kier alpha value is -0.760. The van der Waals surface area contributed by atoms with Gasteiger partial charge in [-0.05, 0) is 38.5 Å². The number of nitrogens with one attached hydrogen (secondary N) is 1. The number of carbonyl (C=O) groups is 1. The number of carbonyl (C=O) groups excluding carboxylic acids is 1. The second-order valence-corrected chi connectivity index (χ2v) is 27.4. The van der Waals surface area contributed by atoms with Crippen LogP contribution < -0.4 is 10.2 Å². The van der Waals surface area contributed by atoms with Gasteiger partial charge in [0.15, 0.2) is 0 Å². The van der Waals surface area contributed by atoms with E-state index in [1.165, 1.54) is 315 Å². The highest BCUT2D eigenvalue weighted by Gasteiger charge is 2.24. The molecule has 0 rings (SSSR count). The summed E-state index contributed by atoms with van der Waals surface area (Å²) in [6.07, 6.45) is 78.6. The molecular weight excluding hydrogens is 996 g/mol. The topological polar surface area (TPSA) is 108 Å². The van der Waals surface area contributed by atoms with Crippen LogP contribution in [0.15, 0.2) is 12.2 Å². The van der Waals surface area contributed by atoms with Gasteiger partial charge in [0, 0.05) is 6.42 Å². The lowest BCUT2D eigenvalue weighted by Crippen LogP contribution is -2.46. The Morgan fingerprint density at radius 2 is 0.696 bits per heavy atom. The third-order valence-electron chi connectivity index (χ3n) is 16.8. The number of allylic oxidation sites excluding steroid dienone is 2. The summed E-state index contributed by atoms with van der Waals surface area (Å²) in [7, 11) is 1.33. The minimum atomic E-state index is -4.58. The van der Waals surface area contributed by atoms with Crippen LogP contribution in [-0.2, 0) is 18.4 Å². The molecule has 1 amide bonds. The summed E-state index contributed by atoms with van der Waals surface area (Å²) < 4.78 is 23.5. The molecule has 79 heavy (non-hydrogen) atoms. The summed E-state index contributed by atoms with van der Waals surface area (Å²) in [5.74, 6) is -0.156. The number of likely N-dealkylation sites (N-methyl/N-ethyl adjacent to an activating group) is 1. The summed E-state index contributed by atoms with van der Waals surface area (Å²) in [6.45, 7) is 4.79. The van der Waals surface area contributed by atoms with Crippen LogP contribution in [-0.4, -0.2) is 68.5 Å². The maximum absolute atomic E-state index is 13.1. The number of amides is 1. The van der Waals surface area contributed by atoms with Gasteiger partial charge in [0.2, 0.25) is 5.91 Å². The van der Waals surface area contributed by atoms with Crippen LogP contribution >= 0.6 is 7.82 Å². The van der Waals surface area contributed by atoms with E-state index in [-0.39, 0.29) is 19.1 Å². The van der Waals surface area contributed by atoms with Crippen molar-refractivity contribution in [2.24, 2.45) is 0 Å². The van der Waals surface area contributed by atoms with Crippen molar-refractivity contribution in [3.05, 3.63) is 12.2 Å². The zero-order chi connectivity index (χ0) is 57.7. The Bertz CT molecular complexity index is 1290. The standard InChI is InChI=1S/C70H141N2O6P/c1-6-8-10-12-14-16-18-20-22-24-26-28-30-32-34-35-36-38-39-41-43-45-47-49-51-53-55-57-59-61-63-69(73)68(67-78-79(75,76)77-66-65-72(3,4)5)71-70(74)64-62-60-58-56-54-52-50-48-46-44-42-40-37-33-31-29-27-25-23-21-19-17-15-13-11-9-7-2/h25,27,68-69,73H,6-24,26,28-67H2,1-5H3,(H-,71,74,75,76)/b27-25-. The molecule has 0 fully saturated rings. The lowest BCUT2D eigenvalue weighted by Gasteiger charge is -2.30. The highest BCUT2D eigenvalue weighted by Crippen LogP contribution is 2.38. The van der Waals surface area contributed by atoms with Crippen LogP contribution in [0.5, 0.6) is 0 Å². The fourth-order valence-corrected chi connectivity index (χ4v) is 11.9. The zero-order valence-corrected chi connectivity index (χ0v) is 55.0. The van der Waals surface area contributed by atoms with E-state index >= 15 is 0 Å². The molecule has 0 bridgehead atoms. The molecule has 3 unspecified atom stereocenters. The van der Waals surface area contributed by atoms with Crippen molar-refractivity contribution in [3.63, 3.8) is 0 Å². The number of aliphatic hydroxyl groups is 1. The fraction of sp³-hybridized carbons (Fsp3) is 0.957. The number of nitrogens with zero attached hydrogens (tertiary/aromatic N) is 1. The first-order valence-electron chi connectivity index (χ1n) is 35.5. The molecule has 0 saturated heterocycles. The van der Waals surface area contributed by atoms with Crippen molar-refractivity contribution in [2.75, 3.05) is 40.9 Å². The van der Waals surface area contributed by atoms with Gasteiger partial charge in [0.1, 0.15) is 13.2 Å². The zero-order valence-electron chi connectivity index (χ0n) is 54.1. The molecule has 0 aliphatic rings. The molecule has 0 aromatic rings. The Kier molecular flexibility index (Phi) is 61.2. The van der Waals surface area contributed by atoms with Gasteiger partial charge in [-0.15, -0.1) is 0 Å². The molecule has 8 nitrogen and oxygen atoms in total. The molecule has 0 spiro atoms. The maximum atomic E-state index is 13.1. The summed E-state index contributed by atoms with van der Waals surface area (Å²) in [6, 6.07) is -0.799. The molecule has 0 aliphatic carbocycles. The quantitative estimate of drug-likeness (QED) is 0.0272. The normalized spacial score (nSPS) is 13.7. The molecule has 0 aromatic heterocycles. The number of phosphoric ester groups is 1. The molecule has 0 aromatic carbocycles. The molecule has 2 N–H and O–H groups in total. The summed E-state index contributed by atoms with van der Waals surface area (Å²) in [5, 5.41) is 14.1. The number of unbranched alkanes of at least 4 members (excludes halogenated alkanes) is 52. The fourth-order valence-electron chi connectivity index (χ4n) is 11.2. The van der Waals surface area contributed by atoms with E-state index in [0.29, 0.717) is 23.9 Å². The van der Waals surface area contributed by atoms with Crippen LogP contribution in [0.2, 0.25) is 0 Å². The van der Waals surface area contributed by atoms with E-state index in [1.807, 2.05) is 21.1 Å². The first-order chi connectivity index (χ1) is 38.5. The number of rotatable bonds is 67. The molecule has 3 atom stereocenters. The monoisotopic (exact) mass is 1140 g/mol. The predicted molar refractivity (Wildman–Crippen MR) is 344 cm³/mol. The van der Waals surface area contributed by atoms with Crippen molar-refractivity contribution in [3.8, 4) is 0 Å². The smallest absolute Gasteiger partial charge is 0.268 e. The number of phosphoric acid groups is 1. The van der Waals surface area contributed by atoms with E-state index in [4.69, 9.17) is 9.05 Å². The maximum Gasteiger partial charge on any atom is 0.268 e. The number of hydrogen-bond acceptors (Lipinski definition) is 6. The number of hydrogen-bond donors (Lipinski definition) is 2. The second kappa shape index (κ2) is 61.8.